The van der Waals surface area contributed by atoms with Crippen molar-refractivity contribution in [1.82, 2.24) is 9.80 Å². The van der Waals surface area contributed by atoms with Crippen LogP contribution < -0.4 is 0 Å². The minimum atomic E-state index is -0.522. The quantitative estimate of drug-likeness (QED) is 0.852. The van der Waals surface area contributed by atoms with Crippen LogP contribution in [0.2, 0.25) is 0 Å². The Bertz CT molecular complexity index is 534. The number of amides is 2. The highest BCUT2D eigenvalue weighted by Crippen LogP contribution is 2.34. The maximum Gasteiger partial charge on any atom is 0.321 e. The average molecular weight is 288 g/mol. The highest BCUT2D eigenvalue weighted by atomic mass is 16.3. The van der Waals surface area contributed by atoms with Gasteiger partial charge >= 0.3 is 6.03 Å². The Labute approximate surface area is 124 Å². The lowest BCUT2D eigenvalue weighted by atomic mass is 9.85. The molecule has 0 unspecified atom stereocenters. The fourth-order valence-electron chi connectivity index (χ4n) is 3.39. The van der Waals surface area contributed by atoms with Crippen molar-refractivity contribution in [3.05, 3.63) is 35.9 Å². The zero-order valence-corrected chi connectivity index (χ0v) is 12.1. The zero-order valence-electron chi connectivity index (χ0n) is 12.1. The third-order valence-corrected chi connectivity index (χ3v) is 4.68. The van der Waals surface area contributed by atoms with Gasteiger partial charge in [-0.1, -0.05) is 37.3 Å². The molecule has 0 spiro atoms. The van der Waals surface area contributed by atoms with Gasteiger partial charge in [0.1, 0.15) is 6.29 Å². The molecular weight excluding hydrogens is 268 g/mol. The molecule has 0 aliphatic carbocycles. The molecule has 2 fully saturated rings. The van der Waals surface area contributed by atoms with Crippen LogP contribution in [-0.2, 0) is 11.3 Å². The fraction of sp³-hybridized carbons (Fsp3) is 0.500. The number of aliphatic hydroxyl groups is 1. The van der Waals surface area contributed by atoms with Crippen molar-refractivity contribution in [3.8, 4) is 0 Å². The summed E-state index contributed by atoms with van der Waals surface area (Å²) in [6, 6.07) is 9.13. The van der Waals surface area contributed by atoms with Gasteiger partial charge in [0.05, 0.1) is 18.2 Å². The molecular formula is C16H20N2O3. The third-order valence-electron chi connectivity index (χ3n) is 4.68. The number of piperidine rings is 1. The van der Waals surface area contributed by atoms with Gasteiger partial charge in [0.25, 0.3) is 0 Å². The molecule has 0 saturated carbocycles. The van der Waals surface area contributed by atoms with Crippen molar-refractivity contribution in [2.45, 2.75) is 38.1 Å². The second kappa shape index (κ2) is 5.48. The van der Waals surface area contributed by atoms with E-state index in [1.807, 2.05) is 37.3 Å². The van der Waals surface area contributed by atoms with Crippen LogP contribution in [0.3, 0.4) is 0 Å². The van der Waals surface area contributed by atoms with Crippen LogP contribution >= 0.6 is 0 Å². The summed E-state index contributed by atoms with van der Waals surface area (Å²) in [5, 5.41) is 10.1. The first-order chi connectivity index (χ1) is 10.1. The molecule has 1 aromatic rings. The number of carbonyl (C=O) groups excluding carboxylic acids is 2. The summed E-state index contributed by atoms with van der Waals surface area (Å²) in [5.41, 5.74) is 1.07. The van der Waals surface area contributed by atoms with Crippen molar-refractivity contribution < 1.29 is 14.7 Å². The summed E-state index contributed by atoms with van der Waals surface area (Å²) in [6.45, 7) is 3.06. The van der Waals surface area contributed by atoms with Gasteiger partial charge < -0.3 is 19.7 Å². The average Bonchev–Trinajstić information content (AvgIpc) is 2.82. The lowest BCUT2D eigenvalue weighted by Gasteiger charge is -2.40. The van der Waals surface area contributed by atoms with Gasteiger partial charge in [0, 0.05) is 25.4 Å². The van der Waals surface area contributed by atoms with Crippen LogP contribution in [0, 0.1) is 5.92 Å². The summed E-state index contributed by atoms with van der Waals surface area (Å²) in [4.78, 5) is 27.2. The van der Waals surface area contributed by atoms with Gasteiger partial charge in [0.15, 0.2) is 0 Å². The number of hydrogen-bond donors (Lipinski definition) is 1. The zero-order chi connectivity index (χ0) is 15.0. The van der Waals surface area contributed by atoms with E-state index in [0.717, 1.165) is 11.8 Å². The maximum atomic E-state index is 12.6. The number of carbonyl (C=O) groups is 2. The van der Waals surface area contributed by atoms with E-state index in [1.165, 1.54) is 0 Å². The molecule has 2 heterocycles. The standard InChI is InChI=1S/C16H20N2O3/c1-11-14-9-17(8-12-5-3-2-4-6-12)16(21)18(14)13(10-19)7-15(11)20/h2-6,10-11,13-15,20H,7-9H2,1H3/t11-,13-,14-,15+/m1/s1. The van der Waals surface area contributed by atoms with E-state index in [9.17, 15) is 14.7 Å². The van der Waals surface area contributed by atoms with Gasteiger partial charge in [-0.3, -0.25) is 0 Å². The number of aliphatic hydroxyl groups excluding tert-OH is 1. The predicted molar refractivity (Wildman–Crippen MR) is 77.5 cm³/mol. The molecule has 2 aliphatic rings. The topological polar surface area (TPSA) is 60.9 Å². The van der Waals surface area contributed by atoms with E-state index in [-0.39, 0.29) is 18.0 Å². The number of fused-ring (bicyclic) bond motifs is 1. The van der Waals surface area contributed by atoms with Crippen LogP contribution in [0.15, 0.2) is 30.3 Å². The Kier molecular flexibility index (Phi) is 3.68. The third kappa shape index (κ3) is 2.42. The molecule has 2 aliphatic heterocycles. The number of aldehydes is 1. The Balaban J connectivity index is 1.81. The van der Waals surface area contributed by atoms with E-state index >= 15 is 0 Å². The van der Waals surface area contributed by atoms with Crippen molar-refractivity contribution >= 4 is 12.3 Å². The SMILES string of the molecule is C[C@@H]1[C@H]2CN(Cc3ccccc3)C(=O)N2[C@@H](C=O)C[C@@H]1O. The maximum absolute atomic E-state index is 12.6. The van der Waals surface area contributed by atoms with Gasteiger partial charge in [-0.25, -0.2) is 4.79 Å². The molecule has 3 rings (SSSR count). The Morgan fingerprint density at radius 3 is 2.71 bits per heavy atom. The molecule has 1 aromatic carbocycles. The molecule has 4 atom stereocenters. The highest BCUT2D eigenvalue weighted by Gasteiger charge is 2.49. The fourth-order valence-corrected chi connectivity index (χ4v) is 3.39. The van der Waals surface area contributed by atoms with Crippen molar-refractivity contribution in [2.24, 2.45) is 5.92 Å². The van der Waals surface area contributed by atoms with Gasteiger partial charge in [-0.05, 0) is 5.56 Å². The van der Waals surface area contributed by atoms with Crippen LogP contribution in [0.5, 0.6) is 0 Å². The molecule has 21 heavy (non-hydrogen) atoms. The minimum Gasteiger partial charge on any atom is -0.393 e. The molecule has 5 nitrogen and oxygen atoms in total. The van der Waals surface area contributed by atoms with Crippen molar-refractivity contribution in [3.63, 3.8) is 0 Å². The summed E-state index contributed by atoms with van der Waals surface area (Å²) in [6.07, 6.45) is 0.601. The Morgan fingerprint density at radius 1 is 1.33 bits per heavy atom. The van der Waals surface area contributed by atoms with Crippen LogP contribution in [0.25, 0.3) is 0 Å². The summed E-state index contributed by atoms with van der Waals surface area (Å²) >= 11 is 0. The molecule has 5 heteroatoms. The van der Waals surface area contributed by atoms with E-state index < -0.39 is 12.1 Å². The number of benzene rings is 1. The molecule has 0 aromatic heterocycles. The molecule has 112 valence electrons. The van der Waals surface area contributed by atoms with Gasteiger partial charge in [-0.2, -0.15) is 0 Å². The predicted octanol–water partition coefficient (Wildman–Crippen LogP) is 1.26. The minimum absolute atomic E-state index is 0.00840. The molecule has 2 amide bonds. The van der Waals surface area contributed by atoms with Crippen molar-refractivity contribution in [2.75, 3.05) is 6.54 Å². The second-order valence-corrected chi connectivity index (χ2v) is 5.99. The van der Waals surface area contributed by atoms with Crippen molar-refractivity contribution in [1.29, 1.82) is 0 Å². The first-order valence-electron chi connectivity index (χ1n) is 7.36. The van der Waals surface area contributed by atoms with E-state index in [2.05, 4.69) is 0 Å². The monoisotopic (exact) mass is 288 g/mol. The molecule has 1 N–H and O–H groups in total. The molecule has 2 saturated heterocycles. The van der Waals surface area contributed by atoms with Crippen LogP contribution in [-0.4, -0.2) is 52.0 Å². The number of hydrogen-bond acceptors (Lipinski definition) is 3. The Hall–Kier alpha value is -1.88. The Morgan fingerprint density at radius 2 is 2.05 bits per heavy atom. The number of nitrogens with zero attached hydrogens (tertiary/aromatic N) is 2. The number of urea groups is 1. The summed E-state index contributed by atoms with van der Waals surface area (Å²) < 4.78 is 0. The molecule has 0 radical (unpaired) electrons. The van der Waals surface area contributed by atoms with Gasteiger partial charge in [0.2, 0.25) is 0 Å². The van der Waals surface area contributed by atoms with E-state index in [1.54, 1.807) is 9.80 Å². The lowest BCUT2D eigenvalue weighted by Crippen LogP contribution is -2.55. The first-order valence-corrected chi connectivity index (χ1v) is 7.36. The second-order valence-electron chi connectivity index (χ2n) is 5.99. The summed E-state index contributed by atoms with van der Waals surface area (Å²) in [7, 11) is 0. The smallest absolute Gasteiger partial charge is 0.321 e. The largest absolute Gasteiger partial charge is 0.393 e. The van der Waals surface area contributed by atoms with Gasteiger partial charge in [-0.15, -0.1) is 0 Å². The first kappa shape index (κ1) is 14.1. The molecule has 0 bridgehead atoms. The summed E-state index contributed by atoms with van der Waals surface area (Å²) in [5.74, 6) is -0.00840. The lowest BCUT2D eigenvalue weighted by molar-refractivity contribution is -0.116. The van der Waals surface area contributed by atoms with E-state index in [4.69, 9.17) is 0 Å². The number of rotatable bonds is 3. The normalized spacial score (nSPS) is 32.2. The van der Waals surface area contributed by atoms with E-state index in [0.29, 0.717) is 19.5 Å². The van der Waals surface area contributed by atoms with Crippen LogP contribution in [0.4, 0.5) is 4.79 Å². The highest BCUT2D eigenvalue weighted by molar-refractivity contribution is 5.81. The van der Waals surface area contributed by atoms with Crippen LogP contribution in [0.1, 0.15) is 18.9 Å².